The molecule has 7 nitrogen and oxygen atoms in total. The van der Waals surface area contributed by atoms with E-state index < -0.39 is 17.8 Å². The molecule has 0 radical (unpaired) electrons. The van der Waals surface area contributed by atoms with Crippen LogP contribution >= 0.6 is 0 Å². The standard InChI is InChI=1S/C56H70N4O3/c1-8-12-14-21-39(7)60-55(62)53(54(61)57(56(60)63)36-13-9-2)50-42(32-34-46-44-26-15-22-40-24-17-28-48(51(40)44)58(46)37(5)19-10-3)30-31-43(50)33-35-47-45-27-16-23-41-25-18-29-49(52(41)45)59(47)38(6)20-11-4/h15-18,22-29,32-35,37-39,48-49,51-52H,8-14,19-21,30-31,36H2,1-7H3/b42-32+,43-33+,46-34+,47-35+,53-50?. The third-order valence-electron chi connectivity index (χ3n) is 14.7. The molecule has 63 heavy (non-hydrogen) atoms. The number of likely N-dealkylation sites (tertiary alicyclic amines) is 2. The molecule has 3 aliphatic heterocycles. The summed E-state index contributed by atoms with van der Waals surface area (Å²) in [6.07, 6.45) is 46.9. The number of amides is 4. The SMILES string of the molecule is CCCCCC(C)N1C(=O)C(=C2/C(=C/C=C3\C4=CC=CC5=CC=CC(C54)N3C(C)CCC)CC/C2=C\C=C2/C3=CC=CC4=CC=CC(C43)N2C(C)CCC)C(=O)N(CCCC)C1=O. The smallest absolute Gasteiger partial charge is 0.334 e. The Hall–Kier alpha value is -5.17. The van der Waals surface area contributed by atoms with E-state index in [1.807, 2.05) is 6.92 Å². The molecule has 7 heteroatoms. The number of carbonyl (C=O) groups excluding carboxylic acids is 3. The molecular formula is C56H70N4O3. The van der Waals surface area contributed by atoms with Crippen LogP contribution in [0, 0.1) is 11.8 Å². The molecule has 4 amide bonds. The fraction of sp³-hybridized carbons (Fsp3) is 0.482. The van der Waals surface area contributed by atoms with Gasteiger partial charge in [-0.3, -0.25) is 19.4 Å². The highest BCUT2D eigenvalue weighted by molar-refractivity contribution is 6.30. The Labute approximate surface area is 377 Å². The molecule has 1 saturated carbocycles. The van der Waals surface area contributed by atoms with E-state index in [0.717, 1.165) is 62.5 Å². The zero-order chi connectivity index (χ0) is 44.4. The predicted molar refractivity (Wildman–Crippen MR) is 257 cm³/mol. The highest BCUT2D eigenvalue weighted by Gasteiger charge is 2.48. The second-order valence-electron chi connectivity index (χ2n) is 18.9. The quantitative estimate of drug-likeness (QED) is 0.0879. The first kappa shape index (κ1) is 44.4. The summed E-state index contributed by atoms with van der Waals surface area (Å²) in [5, 5.41) is 0. The number of rotatable bonds is 16. The summed E-state index contributed by atoms with van der Waals surface area (Å²) in [6.45, 7) is 15.7. The van der Waals surface area contributed by atoms with Crippen molar-refractivity contribution in [2.75, 3.05) is 6.54 Å². The topological polar surface area (TPSA) is 64.2 Å². The van der Waals surface area contributed by atoms with Crippen LogP contribution in [0.3, 0.4) is 0 Å². The Morgan fingerprint density at radius 2 is 1.10 bits per heavy atom. The summed E-state index contributed by atoms with van der Waals surface area (Å²) in [5.74, 6) is -0.361. The Bertz CT molecular complexity index is 2160. The van der Waals surface area contributed by atoms with E-state index in [1.54, 1.807) is 0 Å². The van der Waals surface area contributed by atoms with Gasteiger partial charge in [-0.1, -0.05) is 151 Å². The Kier molecular flexibility index (Phi) is 13.6. The molecular weight excluding hydrogens is 777 g/mol. The molecule has 0 N–H and O–H groups in total. The second kappa shape index (κ2) is 19.3. The van der Waals surface area contributed by atoms with Crippen molar-refractivity contribution in [3.05, 3.63) is 153 Å². The zero-order valence-corrected chi connectivity index (χ0v) is 39.0. The third kappa shape index (κ3) is 8.15. The van der Waals surface area contributed by atoms with Crippen molar-refractivity contribution in [3.8, 4) is 0 Å². The zero-order valence-electron chi connectivity index (χ0n) is 39.0. The summed E-state index contributed by atoms with van der Waals surface area (Å²) < 4.78 is 0. The van der Waals surface area contributed by atoms with E-state index >= 15 is 4.79 Å². The molecule has 0 aromatic rings. The number of hydrogen-bond acceptors (Lipinski definition) is 5. The first-order chi connectivity index (χ1) is 30.6. The third-order valence-corrected chi connectivity index (χ3v) is 14.7. The van der Waals surface area contributed by atoms with Gasteiger partial charge in [0.05, 0.1) is 12.1 Å². The van der Waals surface area contributed by atoms with Gasteiger partial charge in [0, 0.05) is 47.9 Å². The molecule has 5 aliphatic carbocycles. The average Bonchev–Trinajstić information content (AvgIpc) is 3.93. The minimum absolute atomic E-state index is 0.147. The first-order valence-corrected chi connectivity index (χ1v) is 24.5. The summed E-state index contributed by atoms with van der Waals surface area (Å²) in [5.41, 5.74) is 10.5. The molecule has 0 aromatic heterocycles. The number of barbiturate groups is 1. The van der Waals surface area contributed by atoms with Gasteiger partial charge in [0.15, 0.2) is 0 Å². The van der Waals surface area contributed by atoms with E-state index in [9.17, 15) is 9.59 Å². The number of hydrogen-bond donors (Lipinski definition) is 0. The maximum atomic E-state index is 15.1. The molecule has 3 heterocycles. The number of urea groups is 1. The highest BCUT2D eigenvalue weighted by atomic mass is 16.2. The van der Waals surface area contributed by atoms with Crippen LogP contribution in [-0.4, -0.2) is 74.2 Å². The maximum absolute atomic E-state index is 15.1. The Morgan fingerprint density at radius 1 is 0.571 bits per heavy atom. The van der Waals surface area contributed by atoms with Crippen molar-refractivity contribution in [2.24, 2.45) is 11.8 Å². The molecule has 3 saturated heterocycles. The van der Waals surface area contributed by atoms with Crippen LogP contribution in [0.1, 0.15) is 126 Å². The molecule has 7 unspecified atom stereocenters. The van der Waals surface area contributed by atoms with Gasteiger partial charge >= 0.3 is 6.03 Å². The number of nitrogens with zero attached hydrogens (tertiary/aromatic N) is 4. The van der Waals surface area contributed by atoms with Crippen LogP contribution in [0.2, 0.25) is 0 Å². The molecule has 8 rings (SSSR count). The number of allylic oxidation sites excluding steroid dienone is 19. The lowest BCUT2D eigenvalue weighted by atomic mass is 9.81. The van der Waals surface area contributed by atoms with Gasteiger partial charge < -0.3 is 9.80 Å². The molecule has 4 fully saturated rings. The second-order valence-corrected chi connectivity index (χ2v) is 18.9. The van der Waals surface area contributed by atoms with E-state index in [-0.39, 0.29) is 35.5 Å². The largest absolute Gasteiger partial charge is 0.361 e. The van der Waals surface area contributed by atoms with Crippen molar-refractivity contribution in [1.29, 1.82) is 0 Å². The maximum Gasteiger partial charge on any atom is 0.334 e. The molecule has 0 bridgehead atoms. The Morgan fingerprint density at radius 3 is 1.59 bits per heavy atom. The van der Waals surface area contributed by atoms with Gasteiger partial charge in [0.25, 0.3) is 11.8 Å². The summed E-state index contributed by atoms with van der Waals surface area (Å²) in [6, 6.07) is 0.323. The first-order valence-electron chi connectivity index (χ1n) is 24.5. The minimum Gasteiger partial charge on any atom is -0.361 e. The summed E-state index contributed by atoms with van der Waals surface area (Å²) in [4.78, 5) is 52.4. The van der Waals surface area contributed by atoms with Crippen LogP contribution < -0.4 is 0 Å². The van der Waals surface area contributed by atoms with Gasteiger partial charge in [-0.25, -0.2) is 4.79 Å². The van der Waals surface area contributed by atoms with E-state index in [0.29, 0.717) is 49.9 Å². The monoisotopic (exact) mass is 847 g/mol. The van der Waals surface area contributed by atoms with Crippen LogP contribution in [0.5, 0.6) is 0 Å². The summed E-state index contributed by atoms with van der Waals surface area (Å²) in [7, 11) is 0. The fourth-order valence-corrected chi connectivity index (χ4v) is 11.6. The number of imide groups is 2. The number of unbranched alkanes of at least 4 members (excludes halogenated alkanes) is 3. The average molecular weight is 847 g/mol. The lowest BCUT2D eigenvalue weighted by molar-refractivity contribution is -0.137. The van der Waals surface area contributed by atoms with E-state index in [4.69, 9.17) is 0 Å². The van der Waals surface area contributed by atoms with Crippen molar-refractivity contribution in [2.45, 2.75) is 156 Å². The minimum atomic E-state index is -0.475. The van der Waals surface area contributed by atoms with Gasteiger partial charge in [0.1, 0.15) is 5.57 Å². The van der Waals surface area contributed by atoms with Crippen LogP contribution in [0.4, 0.5) is 4.79 Å². The molecule has 332 valence electrons. The molecule has 8 aliphatic rings. The summed E-state index contributed by atoms with van der Waals surface area (Å²) >= 11 is 0. The highest BCUT2D eigenvalue weighted by Crippen LogP contribution is 2.50. The van der Waals surface area contributed by atoms with Crippen molar-refractivity contribution in [1.82, 2.24) is 19.6 Å². The van der Waals surface area contributed by atoms with Crippen LogP contribution in [-0.2, 0) is 9.59 Å². The normalized spacial score (nSPS) is 28.8. The lowest BCUT2D eigenvalue weighted by Gasteiger charge is -2.38. The van der Waals surface area contributed by atoms with Crippen molar-refractivity contribution >= 4 is 17.8 Å². The fourth-order valence-electron chi connectivity index (χ4n) is 11.6. The van der Waals surface area contributed by atoms with E-state index in [2.05, 4.69) is 149 Å². The van der Waals surface area contributed by atoms with Gasteiger partial charge in [-0.05, 0) is 110 Å². The van der Waals surface area contributed by atoms with Gasteiger partial charge in [-0.15, -0.1) is 0 Å². The number of carbonyl (C=O) groups is 3. The van der Waals surface area contributed by atoms with Crippen LogP contribution in [0.25, 0.3) is 0 Å². The van der Waals surface area contributed by atoms with Gasteiger partial charge in [0.2, 0.25) is 0 Å². The molecule has 0 spiro atoms. The van der Waals surface area contributed by atoms with Crippen LogP contribution in [0.15, 0.2) is 153 Å². The van der Waals surface area contributed by atoms with Crippen molar-refractivity contribution < 1.29 is 14.4 Å². The Balaban J connectivity index is 1.30. The molecule has 7 atom stereocenters. The lowest BCUT2D eigenvalue weighted by Crippen LogP contribution is -2.59. The van der Waals surface area contributed by atoms with Gasteiger partial charge in [-0.2, -0.15) is 0 Å². The molecule has 0 aromatic carbocycles. The predicted octanol–water partition coefficient (Wildman–Crippen LogP) is 12.2. The van der Waals surface area contributed by atoms with E-state index in [1.165, 1.54) is 43.5 Å². The van der Waals surface area contributed by atoms with Crippen molar-refractivity contribution in [3.63, 3.8) is 0 Å².